The van der Waals surface area contributed by atoms with Crippen LogP contribution < -0.4 is 5.32 Å². The summed E-state index contributed by atoms with van der Waals surface area (Å²) in [4.78, 5) is 12.5. The van der Waals surface area contributed by atoms with Crippen molar-refractivity contribution in [3.63, 3.8) is 0 Å². The van der Waals surface area contributed by atoms with Crippen molar-refractivity contribution in [2.75, 3.05) is 0 Å². The lowest BCUT2D eigenvalue weighted by atomic mass is 10.1. The normalized spacial score (nSPS) is 12.2. The Labute approximate surface area is 161 Å². The van der Waals surface area contributed by atoms with Gasteiger partial charge in [0.05, 0.1) is 17.3 Å². The van der Waals surface area contributed by atoms with E-state index < -0.39 is 0 Å². The van der Waals surface area contributed by atoms with Gasteiger partial charge in [-0.25, -0.2) is 0 Å². The molecule has 0 bridgehead atoms. The van der Waals surface area contributed by atoms with Crippen LogP contribution in [0.25, 0.3) is 11.3 Å². The zero-order valence-corrected chi connectivity index (χ0v) is 16.1. The van der Waals surface area contributed by atoms with Crippen molar-refractivity contribution in [2.45, 2.75) is 33.4 Å². The average Bonchev–Trinajstić information content (AvgIpc) is 3.21. The molecule has 0 fully saturated rings. The maximum absolute atomic E-state index is 12.5. The van der Waals surface area contributed by atoms with Gasteiger partial charge in [0, 0.05) is 34.5 Å². The number of hydrogen-bond acceptors (Lipinski definition) is 4. The molecular weight excluding hydrogens is 375 g/mol. The monoisotopic (exact) mass is 392 g/mol. The molecule has 2 heterocycles. The molecule has 6 nitrogen and oxygen atoms in total. The van der Waals surface area contributed by atoms with Crippen LogP contribution in [0.1, 0.15) is 41.6 Å². The van der Waals surface area contributed by atoms with Crippen LogP contribution in [-0.2, 0) is 6.54 Å². The molecule has 0 spiro atoms. The van der Waals surface area contributed by atoms with Gasteiger partial charge in [-0.15, -0.1) is 0 Å². The minimum atomic E-state index is -0.332. The first-order chi connectivity index (χ1) is 12.4. The molecule has 0 saturated heterocycles. The smallest absolute Gasteiger partial charge is 0.273 e. The summed E-state index contributed by atoms with van der Waals surface area (Å²) in [5, 5.41) is 12.0. The molecule has 0 aliphatic heterocycles. The highest BCUT2D eigenvalue weighted by atomic mass is 35.5. The number of halogens is 2. The molecular formula is C18H18Cl2N4O2. The highest BCUT2D eigenvalue weighted by Gasteiger charge is 2.20. The number of amides is 1. The van der Waals surface area contributed by atoms with E-state index in [-0.39, 0.29) is 17.6 Å². The van der Waals surface area contributed by atoms with Crippen molar-refractivity contribution < 1.29 is 9.32 Å². The van der Waals surface area contributed by atoms with E-state index in [9.17, 15) is 4.79 Å². The lowest BCUT2D eigenvalue weighted by molar-refractivity contribution is 0.0930. The van der Waals surface area contributed by atoms with E-state index in [0.717, 1.165) is 17.8 Å². The van der Waals surface area contributed by atoms with E-state index in [0.29, 0.717) is 21.4 Å². The zero-order valence-electron chi connectivity index (χ0n) is 14.6. The summed E-state index contributed by atoms with van der Waals surface area (Å²) in [6, 6.07) is 6.37. The Kier molecular flexibility index (Phi) is 5.34. The van der Waals surface area contributed by atoms with Crippen LogP contribution in [0.15, 0.2) is 35.0 Å². The Hall–Kier alpha value is -2.31. The lowest BCUT2D eigenvalue weighted by Crippen LogP contribution is -2.27. The summed E-state index contributed by atoms with van der Waals surface area (Å²) < 4.78 is 7.15. The molecule has 0 radical (unpaired) electrons. The molecule has 2 aromatic heterocycles. The summed E-state index contributed by atoms with van der Waals surface area (Å²) in [5.41, 5.74) is 2.79. The van der Waals surface area contributed by atoms with Crippen LogP contribution in [0.4, 0.5) is 0 Å². The number of aryl methyl sites for hydroxylation is 1. The summed E-state index contributed by atoms with van der Waals surface area (Å²) in [7, 11) is 0. The Morgan fingerprint density at radius 2 is 2.12 bits per heavy atom. The van der Waals surface area contributed by atoms with Crippen LogP contribution >= 0.6 is 23.2 Å². The molecule has 1 atom stereocenters. The van der Waals surface area contributed by atoms with Gasteiger partial charge in [-0.05, 0) is 39.0 Å². The van der Waals surface area contributed by atoms with Gasteiger partial charge in [-0.1, -0.05) is 28.4 Å². The van der Waals surface area contributed by atoms with Crippen molar-refractivity contribution in [3.8, 4) is 11.3 Å². The second kappa shape index (κ2) is 7.51. The molecule has 1 N–H and O–H groups in total. The van der Waals surface area contributed by atoms with Gasteiger partial charge >= 0.3 is 0 Å². The SMILES string of the molecule is CCn1ncc(C(C)NC(=O)c2cc(-c3ccc(Cl)cc3Cl)on2)c1C. The maximum Gasteiger partial charge on any atom is 0.273 e. The highest BCUT2D eigenvalue weighted by molar-refractivity contribution is 6.36. The van der Waals surface area contributed by atoms with Gasteiger partial charge < -0.3 is 9.84 Å². The molecule has 0 aliphatic carbocycles. The standard InChI is InChI=1S/C18H18Cl2N4O2/c1-4-24-11(3)14(9-21-24)10(2)22-18(25)16-8-17(26-23-16)13-6-5-12(19)7-15(13)20/h5-10H,4H2,1-3H3,(H,22,25). The molecule has 3 aromatic rings. The first kappa shape index (κ1) is 18.5. The topological polar surface area (TPSA) is 73.0 Å². The Bertz CT molecular complexity index is 949. The van der Waals surface area contributed by atoms with Gasteiger partial charge in [-0.2, -0.15) is 5.10 Å². The average molecular weight is 393 g/mol. The van der Waals surface area contributed by atoms with Gasteiger partial charge in [0.15, 0.2) is 11.5 Å². The number of carbonyl (C=O) groups is 1. The fourth-order valence-electron chi connectivity index (χ4n) is 2.75. The van der Waals surface area contributed by atoms with Gasteiger partial charge in [0.2, 0.25) is 0 Å². The highest BCUT2D eigenvalue weighted by Crippen LogP contribution is 2.30. The number of rotatable bonds is 5. The first-order valence-electron chi connectivity index (χ1n) is 8.16. The van der Waals surface area contributed by atoms with E-state index in [1.165, 1.54) is 0 Å². The second-order valence-electron chi connectivity index (χ2n) is 5.90. The number of nitrogens with one attached hydrogen (secondary N) is 1. The van der Waals surface area contributed by atoms with Crippen molar-refractivity contribution in [3.05, 3.63) is 57.5 Å². The zero-order chi connectivity index (χ0) is 18.8. The van der Waals surface area contributed by atoms with E-state index in [4.69, 9.17) is 27.7 Å². The fourth-order valence-corrected chi connectivity index (χ4v) is 3.25. The van der Waals surface area contributed by atoms with Gasteiger partial charge in [-0.3, -0.25) is 9.48 Å². The molecule has 0 saturated carbocycles. The lowest BCUT2D eigenvalue weighted by Gasteiger charge is -2.12. The van der Waals surface area contributed by atoms with Crippen LogP contribution in [0, 0.1) is 6.92 Å². The van der Waals surface area contributed by atoms with Crippen LogP contribution in [-0.4, -0.2) is 20.8 Å². The Morgan fingerprint density at radius 3 is 2.77 bits per heavy atom. The van der Waals surface area contributed by atoms with Crippen molar-refractivity contribution >= 4 is 29.1 Å². The third-order valence-electron chi connectivity index (χ3n) is 4.19. The van der Waals surface area contributed by atoms with Crippen molar-refractivity contribution in [2.24, 2.45) is 0 Å². The minimum absolute atomic E-state index is 0.179. The molecule has 26 heavy (non-hydrogen) atoms. The molecule has 1 amide bonds. The van der Waals surface area contributed by atoms with Gasteiger partial charge in [0.1, 0.15) is 0 Å². The molecule has 0 aliphatic rings. The number of hydrogen-bond donors (Lipinski definition) is 1. The third-order valence-corrected chi connectivity index (χ3v) is 4.74. The largest absolute Gasteiger partial charge is 0.355 e. The molecule has 1 aromatic carbocycles. The quantitative estimate of drug-likeness (QED) is 0.684. The number of aromatic nitrogens is 3. The summed E-state index contributed by atoms with van der Waals surface area (Å²) in [6.45, 7) is 6.68. The van der Waals surface area contributed by atoms with Crippen LogP contribution in [0.3, 0.4) is 0 Å². The first-order valence-corrected chi connectivity index (χ1v) is 8.91. The van der Waals surface area contributed by atoms with E-state index in [1.807, 2.05) is 25.5 Å². The third kappa shape index (κ3) is 3.61. The van der Waals surface area contributed by atoms with Crippen molar-refractivity contribution in [1.29, 1.82) is 0 Å². The number of benzene rings is 1. The van der Waals surface area contributed by atoms with Crippen LogP contribution in [0.2, 0.25) is 10.0 Å². The summed E-state index contributed by atoms with van der Waals surface area (Å²) in [5.74, 6) is 0.0701. The molecule has 1 unspecified atom stereocenters. The summed E-state index contributed by atoms with van der Waals surface area (Å²) in [6.07, 6.45) is 1.77. The molecule has 3 rings (SSSR count). The van der Waals surface area contributed by atoms with E-state index >= 15 is 0 Å². The number of nitrogens with zero attached hydrogens (tertiary/aromatic N) is 3. The van der Waals surface area contributed by atoms with E-state index in [2.05, 4.69) is 15.6 Å². The van der Waals surface area contributed by atoms with Crippen molar-refractivity contribution in [1.82, 2.24) is 20.3 Å². The Balaban J connectivity index is 1.76. The second-order valence-corrected chi connectivity index (χ2v) is 6.74. The minimum Gasteiger partial charge on any atom is -0.355 e. The Morgan fingerprint density at radius 1 is 1.35 bits per heavy atom. The number of carbonyl (C=O) groups excluding carboxylic acids is 1. The fraction of sp³-hybridized carbons (Fsp3) is 0.278. The maximum atomic E-state index is 12.5. The van der Waals surface area contributed by atoms with E-state index in [1.54, 1.807) is 30.5 Å². The predicted molar refractivity (Wildman–Crippen MR) is 100 cm³/mol. The molecule has 136 valence electrons. The molecule has 8 heteroatoms. The summed E-state index contributed by atoms with van der Waals surface area (Å²) >= 11 is 12.1. The predicted octanol–water partition coefficient (Wildman–Crippen LogP) is 4.66. The van der Waals surface area contributed by atoms with Crippen LogP contribution in [0.5, 0.6) is 0 Å². The van der Waals surface area contributed by atoms with Gasteiger partial charge in [0.25, 0.3) is 5.91 Å².